The first-order chi connectivity index (χ1) is 15.7. The van der Waals surface area contributed by atoms with Crippen molar-refractivity contribution in [1.29, 1.82) is 0 Å². The van der Waals surface area contributed by atoms with E-state index >= 15 is 0 Å². The first kappa shape index (κ1) is 20.1. The molecule has 1 saturated heterocycles. The lowest BCUT2D eigenvalue weighted by atomic mass is 10.2. The number of aromatic amines is 1. The van der Waals surface area contributed by atoms with Crippen LogP contribution < -0.4 is 10.1 Å². The minimum absolute atomic E-state index is 0.163. The molecule has 1 fully saturated rings. The van der Waals surface area contributed by atoms with Gasteiger partial charge in [-0.3, -0.25) is 14.9 Å². The molecule has 0 bridgehead atoms. The lowest BCUT2D eigenvalue weighted by Gasteiger charge is -2.15. The van der Waals surface area contributed by atoms with Gasteiger partial charge < -0.3 is 15.0 Å². The van der Waals surface area contributed by atoms with Crippen molar-refractivity contribution in [3.8, 4) is 22.9 Å². The second kappa shape index (κ2) is 9.15. The fraction of sp³-hybridized carbons (Fsp3) is 0.250. The monoisotopic (exact) mass is 428 g/mol. The molecule has 32 heavy (non-hydrogen) atoms. The lowest BCUT2D eigenvalue weighted by molar-refractivity contribution is -0.129. The minimum atomic E-state index is 0.163. The maximum absolute atomic E-state index is 12.1. The topological polar surface area (TPSA) is 96.0 Å². The Kier molecular flexibility index (Phi) is 5.76. The second-order valence-electron chi connectivity index (χ2n) is 7.81. The van der Waals surface area contributed by atoms with Crippen LogP contribution in [0.3, 0.4) is 0 Å². The van der Waals surface area contributed by atoms with Crippen molar-refractivity contribution in [2.24, 2.45) is 0 Å². The number of likely N-dealkylation sites (tertiary alicyclic amines) is 1. The van der Waals surface area contributed by atoms with Gasteiger partial charge in [0.1, 0.15) is 5.75 Å². The number of H-pyrrole nitrogens is 1. The number of rotatable bonds is 7. The molecule has 0 spiro atoms. The van der Waals surface area contributed by atoms with Crippen LogP contribution in [0.2, 0.25) is 0 Å². The highest BCUT2D eigenvalue weighted by Gasteiger charge is 2.17. The Hall–Kier alpha value is -3.78. The van der Waals surface area contributed by atoms with Gasteiger partial charge in [0.2, 0.25) is 11.8 Å². The highest BCUT2D eigenvalue weighted by Crippen LogP contribution is 2.25. The van der Waals surface area contributed by atoms with Gasteiger partial charge in [0.05, 0.1) is 23.4 Å². The number of aromatic nitrogens is 4. The molecule has 5 rings (SSSR count). The van der Waals surface area contributed by atoms with Gasteiger partial charge in [0.25, 0.3) is 0 Å². The van der Waals surface area contributed by atoms with Crippen LogP contribution in [0.4, 0.5) is 0 Å². The Bertz CT molecular complexity index is 1200. The summed E-state index contributed by atoms with van der Waals surface area (Å²) < 4.78 is 5.91. The van der Waals surface area contributed by atoms with E-state index in [2.05, 4.69) is 25.5 Å². The number of benzene rings is 1. The summed E-state index contributed by atoms with van der Waals surface area (Å²) in [5.41, 5.74) is 3.63. The van der Waals surface area contributed by atoms with Crippen molar-refractivity contribution >= 4 is 16.8 Å². The number of carbonyl (C=O) groups is 1. The van der Waals surface area contributed by atoms with Crippen LogP contribution in [0.25, 0.3) is 22.2 Å². The van der Waals surface area contributed by atoms with Gasteiger partial charge >= 0.3 is 0 Å². The van der Waals surface area contributed by atoms with E-state index in [0.29, 0.717) is 24.7 Å². The summed E-state index contributed by atoms with van der Waals surface area (Å²) in [7, 11) is 0. The number of fused-ring (bicyclic) bond motifs is 1. The van der Waals surface area contributed by atoms with Gasteiger partial charge in [-0.1, -0.05) is 6.07 Å². The Morgan fingerprint density at radius 2 is 2.00 bits per heavy atom. The van der Waals surface area contributed by atoms with E-state index in [-0.39, 0.29) is 5.91 Å². The summed E-state index contributed by atoms with van der Waals surface area (Å²) in [5, 5.41) is 11.1. The van der Waals surface area contributed by atoms with Crippen LogP contribution in [-0.2, 0) is 11.3 Å². The van der Waals surface area contributed by atoms with Gasteiger partial charge in [-0.05, 0) is 49.2 Å². The number of ether oxygens (including phenoxy) is 1. The van der Waals surface area contributed by atoms with Gasteiger partial charge in [0.15, 0.2) is 0 Å². The van der Waals surface area contributed by atoms with E-state index < -0.39 is 0 Å². The molecule has 0 aliphatic carbocycles. The zero-order valence-electron chi connectivity index (χ0n) is 17.6. The summed E-state index contributed by atoms with van der Waals surface area (Å²) in [5.74, 6) is 1.38. The predicted molar refractivity (Wildman–Crippen MR) is 121 cm³/mol. The fourth-order valence-electron chi connectivity index (χ4n) is 3.82. The molecule has 0 unspecified atom stereocenters. The average molecular weight is 428 g/mol. The van der Waals surface area contributed by atoms with E-state index in [1.807, 2.05) is 53.4 Å². The van der Waals surface area contributed by atoms with E-state index in [0.717, 1.165) is 53.8 Å². The Morgan fingerprint density at radius 3 is 2.78 bits per heavy atom. The highest BCUT2D eigenvalue weighted by atomic mass is 16.5. The minimum Gasteiger partial charge on any atom is -0.439 e. The fourth-order valence-corrected chi connectivity index (χ4v) is 3.82. The molecule has 0 radical (unpaired) electrons. The van der Waals surface area contributed by atoms with Crippen molar-refractivity contribution < 1.29 is 9.53 Å². The molecule has 4 aromatic rings. The molecule has 162 valence electrons. The Balaban J connectivity index is 1.20. The van der Waals surface area contributed by atoms with Crippen LogP contribution in [0.15, 0.2) is 60.9 Å². The summed E-state index contributed by atoms with van der Waals surface area (Å²) in [6.45, 7) is 2.66. The van der Waals surface area contributed by atoms with Gasteiger partial charge in [0, 0.05) is 49.0 Å². The van der Waals surface area contributed by atoms with Crippen LogP contribution in [0.5, 0.6) is 11.6 Å². The molecular weight excluding hydrogens is 404 g/mol. The summed E-state index contributed by atoms with van der Waals surface area (Å²) in [6, 6.07) is 15.4. The molecule has 2 N–H and O–H groups in total. The third kappa shape index (κ3) is 4.60. The van der Waals surface area contributed by atoms with Gasteiger partial charge in [-0.25, -0.2) is 4.98 Å². The summed E-state index contributed by atoms with van der Waals surface area (Å²) in [6.07, 6.45) is 5.67. The third-order valence-corrected chi connectivity index (χ3v) is 5.53. The number of pyridine rings is 2. The van der Waals surface area contributed by atoms with Gasteiger partial charge in [-0.15, -0.1) is 0 Å². The van der Waals surface area contributed by atoms with Crippen LogP contribution >= 0.6 is 0 Å². The molecule has 4 heterocycles. The molecule has 1 amide bonds. The maximum atomic E-state index is 12.1. The molecule has 0 saturated carbocycles. The molecule has 1 aromatic carbocycles. The van der Waals surface area contributed by atoms with Crippen LogP contribution in [0, 0.1) is 0 Å². The van der Waals surface area contributed by atoms with Crippen molar-refractivity contribution in [3.05, 3.63) is 66.6 Å². The van der Waals surface area contributed by atoms with Gasteiger partial charge in [-0.2, -0.15) is 5.10 Å². The Labute approximate surface area is 185 Å². The average Bonchev–Trinajstić information content (AvgIpc) is 3.54. The summed E-state index contributed by atoms with van der Waals surface area (Å²) in [4.78, 5) is 23.1. The highest BCUT2D eigenvalue weighted by molar-refractivity contribution is 5.80. The van der Waals surface area contributed by atoms with Crippen molar-refractivity contribution in [2.45, 2.75) is 19.4 Å². The first-order valence-electron chi connectivity index (χ1n) is 10.8. The van der Waals surface area contributed by atoms with Crippen molar-refractivity contribution in [1.82, 2.24) is 30.4 Å². The van der Waals surface area contributed by atoms with E-state index in [1.54, 1.807) is 12.4 Å². The second-order valence-corrected chi connectivity index (χ2v) is 7.81. The molecule has 1 aliphatic heterocycles. The number of nitrogens with one attached hydrogen (secondary N) is 2. The zero-order valence-corrected chi connectivity index (χ0v) is 17.6. The van der Waals surface area contributed by atoms with E-state index in [1.165, 1.54) is 0 Å². The lowest BCUT2D eigenvalue weighted by Crippen LogP contribution is -2.36. The SMILES string of the molecule is O=C(CNCc1ccc2cc(Oc3ccc(-c4ccn[nH]4)cn3)ccc2n1)N1CCCC1. The van der Waals surface area contributed by atoms with E-state index in [9.17, 15) is 4.79 Å². The quantitative estimate of drug-likeness (QED) is 0.468. The number of hydrogen-bond acceptors (Lipinski definition) is 6. The smallest absolute Gasteiger partial charge is 0.236 e. The van der Waals surface area contributed by atoms with Crippen LogP contribution in [-0.4, -0.2) is 50.6 Å². The normalized spacial score (nSPS) is 13.6. The number of carbonyl (C=O) groups excluding carboxylic acids is 1. The molecule has 3 aromatic heterocycles. The zero-order chi connectivity index (χ0) is 21.8. The maximum Gasteiger partial charge on any atom is 0.236 e. The summed E-state index contributed by atoms with van der Waals surface area (Å²) >= 11 is 0. The largest absolute Gasteiger partial charge is 0.439 e. The molecule has 8 nitrogen and oxygen atoms in total. The van der Waals surface area contributed by atoms with Crippen molar-refractivity contribution in [3.63, 3.8) is 0 Å². The van der Waals surface area contributed by atoms with Crippen molar-refractivity contribution in [2.75, 3.05) is 19.6 Å². The molecular formula is C24H24N6O2. The Morgan fingerprint density at radius 1 is 1.09 bits per heavy atom. The van der Waals surface area contributed by atoms with E-state index in [4.69, 9.17) is 4.74 Å². The third-order valence-electron chi connectivity index (χ3n) is 5.53. The first-order valence-corrected chi connectivity index (χ1v) is 10.8. The van der Waals surface area contributed by atoms with Crippen LogP contribution in [0.1, 0.15) is 18.5 Å². The number of amides is 1. The molecule has 1 aliphatic rings. The molecule has 8 heteroatoms. The molecule has 0 atom stereocenters. The predicted octanol–water partition coefficient (Wildman–Crippen LogP) is 3.52. The standard InChI is InChI=1S/C24H24N6O2/c31-24(30-11-1-2-12-30)16-25-15-19-5-3-17-13-20(6-7-21(17)28-19)32-23-8-4-18(14-26-23)22-9-10-27-29-22/h3-10,13-14,25H,1-2,11-12,15-16H2,(H,27,29). The number of hydrogen-bond donors (Lipinski definition) is 2. The number of nitrogens with zero attached hydrogens (tertiary/aromatic N) is 4.